The van der Waals surface area contributed by atoms with Crippen molar-refractivity contribution in [2.75, 3.05) is 11.8 Å². The first-order chi connectivity index (χ1) is 22.6. The van der Waals surface area contributed by atoms with Crippen molar-refractivity contribution in [1.29, 1.82) is 0 Å². The van der Waals surface area contributed by atoms with E-state index >= 15 is 0 Å². The van der Waals surface area contributed by atoms with Crippen molar-refractivity contribution in [3.05, 3.63) is 95.2 Å². The zero-order chi connectivity index (χ0) is 33.4. The molecule has 4 aromatic rings. The molecule has 0 spiro atoms. The van der Waals surface area contributed by atoms with Crippen LogP contribution in [0.25, 0.3) is 11.1 Å². The van der Waals surface area contributed by atoms with Gasteiger partial charge in [0.2, 0.25) is 0 Å². The molecule has 1 aliphatic carbocycles. The minimum atomic E-state index is -4.03. The Kier molecular flexibility index (Phi) is 10.8. The fraction of sp³-hybridized carbons (Fsp3) is 0.378. The maximum Gasteiger partial charge on any atom is 0.263 e. The predicted molar refractivity (Wildman–Crippen MR) is 185 cm³/mol. The molecule has 0 amide bonds. The van der Waals surface area contributed by atoms with E-state index in [1.807, 2.05) is 61.6 Å². The summed E-state index contributed by atoms with van der Waals surface area (Å²) in [6.45, 7) is 6.50. The molecule has 0 atom stereocenters. The quantitative estimate of drug-likeness (QED) is 0.0835. The number of aromatic nitrogens is 1. The van der Waals surface area contributed by atoms with Gasteiger partial charge in [-0.3, -0.25) is 9.71 Å². The number of carbonyl (C=O) groups excluding carboxylic acids is 1. The van der Waals surface area contributed by atoms with Crippen molar-refractivity contribution < 1.29 is 22.5 Å². The van der Waals surface area contributed by atoms with Gasteiger partial charge in [-0.05, 0) is 56.4 Å². The summed E-state index contributed by atoms with van der Waals surface area (Å²) in [4.78, 5) is 19.4. The summed E-state index contributed by atoms with van der Waals surface area (Å²) in [5.41, 5.74) is 3.11. The van der Waals surface area contributed by atoms with Crippen molar-refractivity contribution >= 4 is 28.0 Å². The van der Waals surface area contributed by atoms with Crippen molar-refractivity contribution in [1.82, 2.24) is 10.1 Å². The molecule has 5 rings (SSSR count). The number of aryl methyl sites for hydroxylation is 1. The Labute approximate surface area is 278 Å². The molecule has 1 aliphatic rings. The lowest BCUT2D eigenvalue weighted by atomic mass is 10.0. The van der Waals surface area contributed by atoms with Crippen LogP contribution < -0.4 is 9.46 Å². The molecule has 0 radical (unpaired) electrons. The number of ether oxygens (including phenoxy) is 1. The molecule has 1 N–H and O–H groups in total. The Balaban J connectivity index is 1.51. The molecule has 10 heteroatoms. The lowest BCUT2D eigenvalue weighted by molar-refractivity contribution is -0.112. The average Bonchev–Trinajstić information content (AvgIpc) is 3.68. The maximum atomic E-state index is 13.7. The maximum absolute atomic E-state index is 13.7. The van der Waals surface area contributed by atoms with Crippen LogP contribution in [-0.4, -0.2) is 43.2 Å². The second kappa shape index (κ2) is 15.0. The average molecular weight is 657 g/mol. The Morgan fingerprint density at radius 1 is 1.02 bits per heavy atom. The van der Waals surface area contributed by atoms with Gasteiger partial charge < -0.3 is 19.0 Å². The lowest BCUT2D eigenvalue weighted by Gasteiger charge is -2.26. The summed E-state index contributed by atoms with van der Waals surface area (Å²) >= 11 is 0. The normalized spacial score (nSPS) is 14.6. The van der Waals surface area contributed by atoms with Gasteiger partial charge in [0.1, 0.15) is 35.8 Å². The molecule has 0 unspecified atom stereocenters. The van der Waals surface area contributed by atoms with Crippen LogP contribution in [0.2, 0.25) is 0 Å². The van der Waals surface area contributed by atoms with Crippen LogP contribution in [0.3, 0.4) is 0 Å². The van der Waals surface area contributed by atoms with E-state index in [4.69, 9.17) is 14.3 Å². The second-order valence-corrected chi connectivity index (χ2v) is 14.0. The van der Waals surface area contributed by atoms with Crippen LogP contribution >= 0.6 is 0 Å². The Hall–Kier alpha value is -4.44. The molecule has 3 aromatic carbocycles. The molecular formula is C37H44N4O5S. The third-order valence-corrected chi connectivity index (χ3v) is 10.2. The van der Waals surface area contributed by atoms with Crippen molar-refractivity contribution in [3.8, 4) is 16.9 Å². The summed E-state index contributed by atoms with van der Waals surface area (Å²) in [7, 11) is -2.02. The number of hydrogen-bond donors (Lipinski definition) is 1. The standard InChI is InChI=1S/C37H44N4O5S/c1-5-6-18-35(38-37(26-42)21-12-13-22-37)41(4)24-30-19-20-31(33(23-30)45-25-29-14-8-7-9-15-29)32-16-10-11-17-34(32)47(43,44)40-36-27(2)28(3)46-39-36/h7-11,14-17,19-20,23,26H,5-6,12-13,18,21-22,24-25H2,1-4H3,(H,39,40)/b38-35-. The zero-order valence-corrected chi connectivity index (χ0v) is 28.5. The number of amidine groups is 1. The molecule has 1 fully saturated rings. The third kappa shape index (κ3) is 8.11. The molecule has 0 bridgehead atoms. The lowest BCUT2D eigenvalue weighted by Crippen LogP contribution is -2.33. The van der Waals surface area contributed by atoms with Gasteiger partial charge in [-0.2, -0.15) is 0 Å². The number of aliphatic imine (C=N–C) groups is 1. The van der Waals surface area contributed by atoms with Gasteiger partial charge in [-0.15, -0.1) is 0 Å². The van der Waals surface area contributed by atoms with Gasteiger partial charge in [-0.25, -0.2) is 8.42 Å². The number of rotatable bonds is 14. The zero-order valence-electron chi connectivity index (χ0n) is 27.7. The summed E-state index contributed by atoms with van der Waals surface area (Å²) < 4.78 is 41.7. The van der Waals surface area contributed by atoms with E-state index in [1.54, 1.807) is 32.0 Å². The smallest absolute Gasteiger partial charge is 0.263 e. The van der Waals surface area contributed by atoms with Crippen molar-refractivity contribution in [3.63, 3.8) is 0 Å². The van der Waals surface area contributed by atoms with E-state index in [2.05, 4.69) is 21.7 Å². The van der Waals surface area contributed by atoms with Crippen LogP contribution in [0.4, 0.5) is 5.82 Å². The third-order valence-electron chi connectivity index (χ3n) is 8.79. The van der Waals surface area contributed by atoms with Gasteiger partial charge in [0.15, 0.2) is 5.82 Å². The number of nitrogens with zero attached hydrogens (tertiary/aromatic N) is 3. The van der Waals surface area contributed by atoms with Crippen LogP contribution in [0.5, 0.6) is 5.75 Å². The number of hydrogen-bond acceptors (Lipinski definition) is 7. The fourth-order valence-electron chi connectivity index (χ4n) is 5.89. The SMILES string of the molecule is CCCC/C(=N/C1(C=O)CCCC1)N(C)Cc1ccc(-c2ccccc2S(=O)(=O)Nc2noc(C)c2C)c(OCc2ccccc2)c1. The van der Waals surface area contributed by atoms with Crippen LogP contribution in [0.1, 0.15) is 74.3 Å². The molecule has 9 nitrogen and oxygen atoms in total. The number of anilines is 1. The Morgan fingerprint density at radius 3 is 2.43 bits per heavy atom. The topological polar surface area (TPSA) is 114 Å². The van der Waals surface area contributed by atoms with E-state index in [0.29, 0.717) is 41.4 Å². The van der Waals surface area contributed by atoms with E-state index in [9.17, 15) is 13.2 Å². The highest BCUT2D eigenvalue weighted by Crippen LogP contribution is 2.37. The Bertz CT molecular complexity index is 1810. The summed E-state index contributed by atoms with van der Waals surface area (Å²) in [6.07, 6.45) is 7.45. The van der Waals surface area contributed by atoms with Crippen LogP contribution in [0, 0.1) is 13.8 Å². The molecule has 1 aromatic heterocycles. The molecule has 0 aliphatic heterocycles. The molecule has 47 heavy (non-hydrogen) atoms. The molecule has 1 saturated carbocycles. The minimum absolute atomic E-state index is 0.0965. The van der Waals surface area contributed by atoms with E-state index in [0.717, 1.165) is 68.2 Å². The van der Waals surface area contributed by atoms with E-state index < -0.39 is 15.6 Å². The van der Waals surface area contributed by atoms with Crippen LogP contribution in [-0.2, 0) is 28.0 Å². The van der Waals surface area contributed by atoms with Gasteiger partial charge >= 0.3 is 0 Å². The highest BCUT2D eigenvalue weighted by Gasteiger charge is 2.34. The van der Waals surface area contributed by atoms with Gasteiger partial charge in [0, 0.05) is 36.7 Å². The Morgan fingerprint density at radius 2 is 1.74 bits per heavy atom. The highest BCUT2D eigenvalue weighted by atomic mass is 32.2. The highest BCUT2D eigenvalue weighted by molar-refractivity contribution is 7.92. The van der Waals surface area contributed by atoms with Crippen LogP contribution in [0.15, 0.2) is 87.2 Å². The number of benzene rings is 3. The second-order valence-electron chi connectivity index (χ2n) is 12.3. The number of aldehydes is 1. The first-order valence-electron chi connectivity index (χ1n) is 16.3. The molecule has 248 valence electrons. The predicted octanol–water partition coefficient (Wildman–Crippen LogP) is 7.87. The number of carbonyl (C=O) groups is 1. The first-order valence-corrected chi connectivity index (χ1v) is 17.7. The molecule has 1 heterocycles. The van der Waals surface area contributed by atoms with Gasteiger partial charge in [-0.1, -0.05) is 92.0 Å². The monoisotopic (exact) mass is 656 g/mol. The van der Waals surface area contributed by atoms with Crippen molar-refractivity contribution in [2.24, 2.45) is 4.99 Å². The number of unbranched alkanes of at least 4 members (excludes halogenated alkanes) is 1. The van der Waals surface area contributed by atoms with E-state index in [-0.39, 0.29) is 10.7 Å². The largest absolute Gasteiger partial charge is 0.488 e. The number of nitrogens with one attached hydrogen (secondary N) is 1. The minimum Gasteiger partial charge on any atom is -0.488 e. The summed E-state index contributed by atoms with van der Waals surface area (Å²) in [5, 5.41) is 3.90. The van der Waals surface area contributed by atoms with E-state index in [1.165, 1.54) is 0 Å². The molecular weight excluding hydrogens is 612 g/mol. The summed E-state index contributed by atoms with van der Waals surface area (Å²) in [5.74, 6) is 2.19. The van der Waals surface area contributed by atoms with Gasteiger partial charge in [0.25, 0.3) is 10.0 Å². The fourth-order valence-corrected chi connectivity index (χ4v) is 7.17. The molecule has 0 saturated heterocycles. The number of sulfonamides is 1. The first kappa shape index (κ1) is 33.9. The summed E-state index contributed by atoms with van der Waals surface area (Å²) in [6, 6.07) is 22.6. The van der Waals surface area contributed by atoms with Crippen molar-refractivity contribution in [2.45, 2.75) is 89.3 Å². The van der Waals surface area contributed by atoms with Gasteiger partial charge in [0.05, 0.1) is 4.90 Å².